The predicted octanol–water partition coefficient (Wildman–Crippen LogP) is 3.71. The van der Waals surface area contributed by atoms with Gasteiger partial charge in [-0.05, 0) is 25.1 Å². The summed E-state index contributed by atoms with van der Waals surface area (Å²) in [6.07, 6.45) is 0.395. The molecule has 2 N–H and O–H groups in total. The Morgan fingerprint density at radius 2 is 1.67 bits per heavy atom. The maximum atomic E-state index is 12.1. The van der Waals surface area contributed by atoms with Gasteiger partial charge in [-0.2, -0.15) is 0 Å². The highest BCUT2D eigenvalue weighted by molar-refractivity contribution is 6.00. The van der Waals surface area contributed by atoms with E-state index in [1.54, 1.807) is 12.1 Å². The van der Waals surface area contributed by atoms with Gasteiger partial charge in [-0.25, -0.2) is 0 Å². The van der Waals surface area contributed by atoms with E-state index < -0.39 is 0 Å². The number of ketones is 1. The largest absolute Gasteiger partial charge is 0.326 e. The number of hydrogen-bond acceptors (Lipinski definition) is 3. The highest BCUT2D eigenvalue weighted by atomic mass is 16.2. The number of carbonyl (C=O) groups excluding carboxylic acids is 2. The first-order chi connectivity index (χ1) is 11.6. The highest BCUT2D eigenvalue weighted by Crippen LogP contribution is 2.16. The molecule has 0 radical (unpaired) electrons. The van der Waals surface area contributed by atoms with E-state index in [2.05, 4.69) is 10.6 Å². The van der Waals surface area contributed by atoms with Crippen LogP contribution in [0.15, 0.2) is 48.5 Å². The molecule has 0 aliphatic rings. The van der Waals surface area contributed by atoms with E-state index in [0.29, 0.717) is 12.1 Å². The van der Waals surface area contributed by atoms with E-state index in [-0.39, 0.29) is 24.5 Å². The number of carbonyl (C=O) groups is 2. The van der Waals surface area contributed by atoms with Crippen LogP contribution in [0.1, 0.15) is 41.3 Å². The molecule has 126 valence electrons. The Hall–Kier alpha value is -2.46. The molecule has 24 heavy (non-hydrogen) atoms. The Labute approximate surface area is 143 Å². The van der Waals surface area contributed by atoms with Crippen LogP contribution >= 0.6 is 0 Å². The molecule has 0 spiro atoms. The maximum absolute atomic E-state index is 12.1. The van der Waals surface area contributed by atoms with Crippen LogP contribution in [-0.4, -0.2) is 18.2 Å². The second kappa shape index (κ2) is 8.99. The second-order valence-corrected chi connectivity index (χ2v) is 5.77. The molecule has 0 heterocycles. The normalized spacial score (nSPS) is 10.4. The Balaban J connectivity index is 1.89. The quantitative estimate of drug-likeness (QED) is 0.728. The van der Waals surface area contributed by atoms with Crippen molar-refractivity contribution in [2.45, 2.75) is 33.2 Å². The van der Waals surface area contributed by atoms with Crippen molar-refractivity contribution in [3.05, 3.63) is 65.2 Å². The van der Waals surface area contributed by atoms with E-state index in [0.717, 1.165) is 23.4 Å². The van der Waals surface area contributed by atoms with Crippen LogP contribution < -0.4 is 10.6 Å². The predicted molar refractivity (Wildman–Crippen MR) is 97.2 cm³/mol. The maximum Gasteiger partial charge on any atom is 0.224 e. The van der Waals surface area contributed by atoms with Crippen molar-refractivity contribution >= 4 is 17.4 Å². The Morgan fingerprint density at radius 1 is 0.958 bits per heavy atom. The van der Waals surface area contributed by atoms with Crippen molar-refractivity contribution in [2.75, 3.05) is 11.9 Å². The zero-order valence-corrected chi connectivity index (χ0v) is 14.3. The molecule has 4 nitrogen and oxygen atoms in total. The standard InChI is InChI=1S/C20H24N2O2/c1-3-21-14-17-6-4-5-7-18(17)22-20(24)13-12-19(23)16-10-8-15(2)9-11-16/h4-11,21H,3,12-14H2,1-2H3,(H,22,24). The fraction of sp³-hybridized carbons (Fsp3) is 0.300. The molecule has 1 amide bonds. The summed E-state index contributed by atoms with van der Waals surface area (Å²) < 4.78 is 0. The molecule has 4 heteroatoms. The fourth-order valence-corrected chi connectivity index (χ4v) is 2.38. The van der Waals surface area contributed by atoms with Crippen molar-refractivity contribution in [3.8, 4) is 0 Å². The lowest BCUT2D eigenvalue weighted by atomic mass is 10.0. The molecule has 0 atom stereocenters. The number of benzene rings is 2. The first kappa shape index (κ1) is 17.9. The summed E-state index contributed by atoms with van der Waals surface area (Å²) in [5.74, 6) is -0.148. The van der Waals surface area contributed by atoms with Crippen molar-refractivity contribution in [1.82, 2.24) is 5.32 Å². The molecule has 0 saturated carbocycles. The molecular weight excluding hydrogens is 300 g/mol. The number of aryl methyl sites for hydroxylation is 1. The van der Waals surface area contributed by atoms with Gasteiger partial charge in [0.05, 0.1) is 0 Å². The minimum Gasteiger partial charge on any atom is -0.326 e. The number of hydrogen-bond donors (Lipinski definition) is 2. The second-order valence-electron chi connectivity index (χ2n) is 5.77. The van der Waals surface area contributed by atoms with Crippen molar-refractivity contribution in [3.63, 3.8) is 0 Å². The van der Waals surface area contributed by atoms with E-state index in [4.69, 9.17) is 0 Å². The molecule has 2 aromatic carbocycles. The van der Waals surface area contributed by atoms with Crippen LogP contribution in [0.3, 0.4) is 0 Å². The third kappa shape index (κ3) is 5.32. The molecule has 0 unspecified atom stereocenters. The topological polar surface area (TPSA) is 58.2 Å². The van der Waals surface area contributed by atoms with E-state index in [1.807, 2.05) is 50.2 Å². The van der Waals surface area contributed by atoms with Gasteiger partial charge in [0.25, 0.3) is 0 Å². The van der Waals surface area contributed by atoms with Crippen LogP contribution in [0.5, 0.6) is 0 Å². The summed E-state index contributed by atoms with van der Waals surface area (Å²) in [6, 6.07) is 15.1. The third-order valence-corrected chi connectivity index (χ3v) is 3.81. The van der Waals surface area contributed by atoms with Gasteiger partial charge < -0.3 is 10.6 Å². The Morgan fingerprint density at radius 3 is 2.38 bits per heavy atom. The van der Waals surface area contributed by atoms with Gasteiger partial charge in [-0.1, -0.05) is 55.0 Å². The number of rotatable bonds is 8. The number of Topliss-reactive ketones (excluding diaryl/α,β-unsaturated/α-hetero) is 1. The summed E-state index contributed by atoms with van der Waals surface area (Å²) >= 11 is 0. The average molecular weight is 324 g/mol. The average Bonchev–Trinajstić information content (AvgIpc) is 2.59. The Kier molecular flexibility index (Phi) is 6.70. The first-order valence-electron chi connectivity index (χ1n) is 8.28. The molecule has 0 saturated heterocycles. The first-order valence-corrected chi connectivity index (χ1v) is 8.28. The lowest BCUT2D eigenvalue weighted by molar-refractivity contribution is -0.116. The van der Waals surface area contributed by atoms with E-state index in [1.165, 1.54) is 0 Å². The van der Waals surface area contributed by atoms with E-state index >= 15 is 0 Å². The molecule has 0 bridgehead atoms. The van der Waals surface area contributed by atoms with Crippen LogP contribution in [-0.2, 0) is 11.3 Å². The lowest BCUT2D eigenvalue weighted by Gasteiger charge is -2.11. The SMILES string of the molecule is CCNCc1ccccc1NC(=O)CCC(=O)c1ccc(C)cc1. The highest BCUT2D eigenvalue weighted by Gasteiger charge is 2.11. The van der Waals surface area contributed by atoms with Crippen LogP contribution in [0.25, 0.3) is 0 Å². The monoisotopic (exact) mass is 324 g/mol. The van der Waals surface area contributed by atoms with Crippen molar-refractivity contribution < 1.29 is 9.59 Å². The molecule has 0 aliphatic heterocycles. The number of nitrogens with one attached hydrogen (secondary N) is 2. The number of anilines is 1. The molecule has 0 aromatic heterocycles. The minimum absolute atomic E-state index is 0.00825. The number of amides is 1. The van der Waals surface area contributed by atoms with Gasteiger partial charge >= 0.3 is 0 Å². The molecular formula is C20H24N2O2. The molecule has 0 aliphatic carbocycles. The minimum atomic E-state index is -0.139. The zero-order chi connectivity index (χ0) is 17.4. The molecule has 2 aromatic rings. The van der Waals surface area contributed by atoms with Crippen molar-refractivity contribution in [1.29, 1.82) is 0 Å². The Bertz CT molecular complexity index is 693. The smallest absolute Gasteiger partial charge is 0.224 e. The van der Waals surface area contributed by atoms with Gasteiger partial charge in [0.1, 0.15) is 0 Å². The van der Waals surface area contributed by atoms with Crippen LogP contribution in [0.4, 0.5) is 5.69 Å². The van der Waals surface area contributed by atoms with Gasteiger partial charge in [0.2, 0.25) is 5.91 Å². The molecule has 2 rings (SSSR count). The van der Waals surface area contributed by atoms with Gasteiger partial charge in [-0.3, -0.25) is 9.59 Å². The van der Waals surface area contributed by atoms with E-state index in [9.17, 15) is 9.59 Å². The lowest BCUT2D eigenvalue weighted by Crippen LogP contribution is -2.17. The summed E-state index contributed by atoms with van der Waals surface area (Å²) in [4.78, 5) is 24.3. The van der Waals surface area contributed by atoms with Gasteiger partial charge in [0.15, 0.2) is 5.78 Å². The van der Waals surface area contributed by atoms with Crippen molar-refractivity contribution in [2.24, 2.45) is 0 Å². The fourth-order valence-electron chi connectivity index (χ4n) is 2.38. The summed E-state index contributed by atoms with van der Waals surface area (Å²) in [7, 11) is 0. The summed E-state index contributed by atoms with van der Waals surface area (Å²) in [5.41, 5.74) is 3.60. The molecule has 0 fully saturated rings. The van der Waals surface area contributed by atoms with Gasteiger partial charge in [-0.15, -0.1) is 0 Å². The van der Waals surface area contributed by atoms with Crippen LogP contribution in [0.2, 0.25) is 0 Å². The number of para-hydroxylation sites is 1. The third-order valence-electron chi connectivity index (χ3n) is 3.81. The van der Waals surface area contributed by atoms with Crippen LogP contribution in [0, 0.1) is 6.92 Å². The summed E-state index contributed by atoms with van der Waals surface area (Å²) in [6.45, 7) is 5.59. The van der Waals surface area contributed by atoms with Gasteiger partial charge in [0, 0.05) is 30.6 Å². The zero-order valence-electron chi connectivity index (χ0n) is 14.3. The summed E-state index contributed by atoms with van der Waals surface area (Å²) in [5, 5.41) is 6.15.